The van der Waals surface area contributed by atoms with Crippen molar-refractivity contribution in [3.05, 3.63) is 71.8 Å². The molecule has 2 rings (SSSR count). The van der Waals surface area contributed by atoms with Crippen LogP contribution in [0.15, 0.2) is 60.7 Å². The lowest BCUT2D eigenvalue weighted by Gasteiger charge is -2.28. The molecule has 0 aliphatic rings. The van der Waals surface area contributed by atoms with E-state index in [1.807, 2.05) is 0 Å². The first-order valence-electron chi connectivity index (χ1n) is 21.1. The van der Waals surface area contributed by atoms with E-state index in [1.54, 1.807) is 0 Å². The van der Waals surface area contributed by atoms with E-state index >= 15 is 0 Å². The quantitative estimate of drug-likeness (QED) is 0.0936. The van der Waals surface area contributed by atoms with Gasteiger partial charge in [0, 0.05) is 6.61 Å². The fraction of sp³-hybridized carbons (Fsp3) is 0.727. The molecule has 0 spiro atoms. The minimum absolute atomic E-state index is 0.0205. The Kier molecular flexibility index (Phi) is 37.3. The monoisotopic (exact) mass is 827 g/mol. The van der Waals surface area contributed by atoms with E-state index in [2.05, 4.69) is 60.7 Å². The molecule has 0 radical (unpaired) electrons. The summed E-state index contributed by atoms with van der Waals surface area (Å²) in [7, 11) is 0. The number of rotatable bonds is 45. The maximum absolute atomic E-state index is 8.67. The van der Waals surface area contributed by atoms with Gasteiger partial charge in [0.05, 0.1) is 165 Å². The van der Waals surface area contributed by atoms with Crippen LogP contribution in [0, 0.1) is 11.8 Å². The zero-order valence-corrected chi connectivity index (χ0v) is 34.9. The van der Waals surface area contributed by atoms with Crippen LogP contribution in [0.5, 0.6) is 0 Å². The van der Waals surface area contributed by atoms with Gasteiger partial charge in [-0.2, -0.15) is 0 Å². The van der Waals surface area contributed by atoms with E-state index in [4.69, 9.17) is 67.1 Å². The second-order valence-corrected chi connectivity index (χ2v) is 13.3. The summed E-state index contributed by atoms with van der Waals surface area (Å²) < 4.78 is 66.9. The molecule has 2 aromatic rings. The molecule has 2 atom stereocenters. The van der Waals surface area contributed by atoms with Gasteiger partial charge in [-0.1, -0.05) is 60.7 Å². The van der Waals surface area contributed by atoms with Crippen LogP contribution < -0.4 is 0 Å². The Morgan fingerprint density at radius 3 is 0.914 bits per heavy atom. The number of hydrogen-bond acceptors (Lipinski definition) is 14. The molecule has 2 N–H and O–H groups in total. The molecule has 14 nitrogen and oxygen atoms in total. The Morgan fingerprint density at radius 1 is 0.310 bits per heavy atom. The van der Waals surface area contributed by atoms with Gasteiger partial charge in [0.2, 0.25) is 0 Å². The van der Waals surface area contributed by atoms with Crippen molar-refractivity contribution in [1.82, 2.24) is 0 Å². The fourth-order valence-electron chi connectivity index (χ4n) is 5.81. The lowest BCUT2D eigenvalue weighted by atomic mass is 9.80. The third kappa shape index (κ3) is 32.7. The van der Waals surface area contributed by atoms with Crippen molar-refractivity contribution in [2.75, 3.05) is 172 Å². The van der Waals surface area contributed by atoms with E-state index in [9.17, 15) is 0 Å². The number of aliphatic hydroxyl groups excluding tert-OH is 2. The average molecular weight is 827 g/mol. The molecule has 334 valence electrons. The standard InChI is InChI=1S/C44H74O14/c45-13-16-48-19-22-51-25-28-54-31-30-53-27-24-50-21-18-47-15-7-12-43(38-41-8-3-1-4-9-41)44(39-42-10-5-2-6-11-42)40-58-37-36-57-35-34-56-33-32-55-29-26-52-23-20-49-17-14-46/h1-6,8-11,43-46H,7,12-40H2/t43-,44+/m1/s1. The highest BCUT2D eigenvalue weighted by atomic mass is 16.6. The van der Waals surface area contributed by atoms with Crippen LogP contribution in [0.2, 0.25) is 0 Å². The van der Waals surface area contributed by atoms with E-state index in [1.165, 1.54) is 11.1 Å². The zero-order chi connectivity index (χ0) is 41.1. The van der Waals surface area contributed by atoms with Gasteiger partial charge < -0.3 is 67.1 Å². The van der Waals surface area contributed by atoms with Crippen LogP contribution in [0.3, 0.4) is 0 Å². The Balaban J connectivity index is 1.59. The van der Waals surface area contributed by atoms with Crippen molar-refractivity contribution >= 4 is 0 Å². The topological polar surface area (TPSA) is 151 Å². The summed E-state index contributed by atoms with van der Waals surface area (Å²) in [5.74, 6) is 0.753. The summed E-state index contributed by atoms with van der Waals surface area (Å²) in [4.78, 5) is 0. The van der Waals surface area contributed by atoms with Gasteiger partial charge in [-0.15, -0.1) is 0 Å². The first kappa shape index (κ1) is 52.0. The van der Waals surface area contributed by atoms with Crippen molar-refractivity contribution in [3.8, 4) is 0 Å². The Hall–Kier alpha value is -2.12. The molecule has 0 aliphatic heterocycles. The summed E-state index contributed by atoms with van der Waals surface area (Å²) in [6, 6.07) is 21.4. The fourth-order valence-corrected chi connectivity index (χ4v) is 5.81. The van der Waals surface area contributed by atoms with E-state index in [0.29, 0.717) is 170 Å². The average Bonchev–Trinajstić information content (AvgIpc) is 3.25. The molecule has 14 heteroatoms. The summed E-state index contributed by atoms with van der Waals surface area (Å²) in [6.07, 6.45) is 3.91. The van der Waals surface area contributed by atoms with Crippen LogP contribution >= 0.6 is 0 Å². The molecule has 0 heterocycles. The van der Waals surface area contributed by atoms with Crippen molar-refractivity contribution in [2.45, 2.75) is 25.7 Å². The Morgan fingerprint density at radius 2 is 0.586 bits per heavy atom. The maximum Gasteiger partial charge on any atom is 0.0701 e. The SMILES string of the molecule is OCCOCCOCCOCCOCCOCCOCCC[C@H](Cc1ccccc1)[C@H](COCCOCCOCCOCCOCCOCCO)Cc1ccccc1. The summed E-state index contributed by atoms with van der Waals surface area (Å²) in [5.41, 5.74) is 2.65. The second-order valence-electron chi connectivity index (χ2n) is 13.3. The number of benzene rings is 2. The second kappa shape index (κ2) is 41.6. The van der Waals surface area contributed by atoms with E-state index < -0.39 is 0 Å². The number of hydrogen-bond donors (Lipinski definition) is 2. The molecule has 0 unspecified atom stereocenters. The van der Waals surface area contributed by atoms with E-state index in [0.717, 1.165) is 25.7 Å². The van der Waals surface area contributed by atoms with Crippen LogP contribution in [-0.4, -0.2) is 182 Å². The lowest BCUT2D eigenvalue weighted by molar-refractivity contribution is -0.0214. The van der Waals surface area contributed by atoms with E-state index in [-0.39, 0.29) is 13.2 Å². The smallest absolute Gasteiger partial charge is 0.0701 e. The van der Waals surface area contributed by atoms with Gasteiger partial charge in [0.25, 0.3) is 0 Å². The van der Waals surface area contributed by atoms with Gasteiger partial charge >= 0.3 is 0 Å². The molecule has 58 heavy (non-hydrogen) atoms. The minimum Gasteiger partial charge on any atom is -0.394 e. The summed E-state index contributed by atoms with van der Waals surface area (Å²) in [5, 5.41) is 17.3. The first-order valence-corrected chi connectivity index (χ1v) is 21.1. The molecule has 0 saturated carbocycles. The van der Waals surface area contributed by atoms with Crippen LogP contribution in [0.1, 0.15) is 24.0 Å². The molecule has 0 aliphatic carbocycles. The number of aliphatic hydroxyl groups is 2. The van der Waals surface area contributed by atoms with Crippen molar-refractivity contribution in [1.29, 1.82) is 0 Å². The first-order chi connectivity index (χ1) is 28.8. The molecule has 0 amide bonds. The van der Waals surface area contributed by atoms with Crippen LogP contribution in [-0.2, 0) is 69.7 Å². The third-order valence-corrected chi connectivity index (χ3v) is 8.73. The van der Waals surface area contributed by atoms with Crippen LogP contribution in [0.4, 0.5) is 0 Å². The predicted molar refractivity (Wildman–Crippen MR) is 221 cm³/mol. The molecular weight excluding hydrogens is 752 g/mol. The third-order valence-electron chi connectivity index (χ3n) is 8.73. The minimum atomic E-state index is 0.0205. The highest BCUT2D eigenvalue weighted by molar-refractivity contribution is 5.17. The van der Waals surface area contributed by atoms with Gasteiger partial charge in [-0.05, 0) is 48.6 Å². The molecule has 0 saturated heterocycles. The van der Waals surface area contributed by atoms with Gasteiger partial charge in [0.15, 0.2) is 0 Å². The largest absolute Gasteiger partial charge is 0.394 e. The highest BCUT2D eigenvalue weighted by Gasteiger charge is 2.23. The van der Waals surface area contributed by atoms with Gasteiger partial charge in [0.1, 0.15) is 0 Å². The van der Waals surface area contributed by atoms with Crippen LogP contribution in [0.25, 0.3) is 0 Å². The summed E-state index contributed by atoms with van der Waals surface area (Å²) >= 11 is 0. The predicted octanol–water partition coefficient (Wildman–Crippen LogP) is 3.67. The van der Waals surface area contributed by atoms with Gasteiger partial charge in [-0.3, -0.25) is 0 Å². The van der Waals surface area contributed by atoms with Crippen molar-refractivity contribution < 1.29 is 67.1 Å². The molecule has 0 aromatic heterocycles. The zero-order valence-electron chi connectivity index (χ0n) is 34.9. The molecule has 2 aromatic carbocycles. The Bertz CT molecular complexity index is 1090. The van der Waals surface area contributed by atoms with Crippen molar-refractivity contribution in [2.24, 2.45) is 11.8 Å². The highest BCUT2D eigenvalue weighted by Crippen LogP contribution is 2.27. The number of ether oxygens (including phenoxy) is 12. The summed E-state index contributed by atoms with van der Waals surface area (Å²) in [6.45, 7) is 12.1. The maximum atomic E-state index is 8.67. The normalized spacial score (nSPS) is 12.7. The molecule has 0 fully saturated rings. The molecular formula is C44H74O14. The molecule has 0 bridgehead atoms. The lowest BCUT2D eigenvalue weighted by Crippen LogP contribution is -2.26. The van der Waals surface area contributed by atoms with Gasteiger partial charge in [-0.25, -0.2) is 0 Å². The Labute approximate surface area is 347 Å². The van der Waals surface area contributed by atoms with Crippen molar-refractivity contribution in [3.63, 3.8) is 0 Å².